The van der Waals surface area contributed by atoms with Crippen LogP contribution in [0.3, 0.4) is 0 Å². The molecule has 0 spiro atoms. The second-order valence-electron chi connectivity index (χ2n) is 9.48. The van der Waals surface area contributed by atoms with E-state index in [1.807, 2.05) is 0 Å². The van der Waals surface area contributed by atoms with Crippen LogP contribution in [0.4, 0.5) is 0 Å². The van der Waals surface area contributed by atoms with Gasteiger partial charge in [0.15, 0.2) is 0 Å². The van der Waals surface area contributed by atoms with Crippen molar-refractivity contribution in [3.63, 3.8) is 0 Å². The summed E-state index contributed by atoms with van der Waals surface area (Å²) in [4.78, 5) is 35.7. The summed E-state index contributed by atoms with van der Waals surface area (Å²) >= 11 is 0. The number of hydrogen-bond donors (Lipinski definition) is 3. The van der Waals surface area contributed by atoms with Crippen LogP contribution in [0.2, 0.25) is 0 Å². The SMILES string of the molecule is COCC(C)(CC(=O)O)NC(=O)CNC(=O)CC12CC3CC(CC(C3)C1)C2. The minimum atomic E-state index is -1.01. The summed E-state index contributed by atoms with van der Waals surface area (Å²) in [5.74, 6) is 0.892. The van der Waals surface area contributed by atoms with Crippen LogP contribution in [0.25, 0.3) is 0 Å². The predicted octanol–water partition coefficient (Wildman–Crippen LogP) is 1.71. The number of nitrogens with one attached hydrogen (secondary N) is 2. The van der Waals surface area contributed by atoms with E-state index >= 15 is 0 Å². The standard InChI is InChI=1S/C20H32N2O5/c1-19(12-27-2,10-18(25)26)22-17(24)11-21-16(23)9-20-6-13-3-14(7-20)5-15(4-13)8-20/h13-15H,3-12H2,1-2H3,(H,21,23)(H,22,24)(H,25,26). The molecule has 4 saturated carbocycles. The van der Waals surface area contributed by atoms with Gasteiger partial charge in [0.25, 0.3) is 0 Å². The van der Waals surface area contributed by atoms with Gasteiger partial charge in [-0.2, -0.15) is 0 Å². The van der Waals surface area contributed by atoms with Crippen LogP contribution in [0.1, 0.15) is 58.3 Å². The van der Waals surface area contributed by atoms with Crippen molar-refractivity contribution in [2.75, 3.05) is 20.3 Å². The monoisotopic (exact) mass is 380 g/mol. The van der Waals surface area contributed by atoms with Gasteiger partial charge in [-0.15, -0.1) is 0 Å². The summed E-state index contributed by atoms with van der Waals surface area (Å²) in [6.07, 6.45) is 7.75. The molecule has 4 bridgehead atoms. The van der Waals surface area contributed by atoms with Gasteiger partial charge in [-0.1, -0.05) is 0 Å². The van der Waals surface area contributed by atoms with Gasteiger partial charge in [-0.25, -0.2) is 0 Å². The molecule has 1 unspecified atom stereocenters. The molecule has 0 radical (unpaired) electrons. The topological polar surface area (TPSA) is 105 Å². The Balaban J connectivity index is 1.47. The molecule has 0 aromatic heterocycles. The number of amides is 2. The summed E-state index contributed by atoms with van der Waals surface area (Å²) in [6.45, 7) is 1.58. The van der Waals surface area contributed by atoms with Crippen LogP contribution in [-0.4, -0.2) is 48.7 Å². The number of rotatable bonds is 9. The van der Waals surface area contributed by atoms with Gasteiger partial charge in [-0.05, 0) is 68.6 Å². The van der Waals surface area contributed by atoms with E-state index in [1.54, 1.807) is 6.92 Å². The van der Waals surface area contributed by atoms with Crippen molar-refractivity contribution in [3.05, 3.63) is 0 Å². The maximum absolute atomic E-state index is 12.5. The molecular formula is C20H32N2O5. The Bertz CT molecular complexity index is 570. The van der Waals surface area contributed by atoms with Gasteiger partial charge in [0.1, 0.15) is 0 Å². The van der Waals surface area contributed by atoms with Crippen molar-refractivity contribution in [2.24, 2.45) is 23.2 Å². The predicted molar refractivity (Wildman–Crippen MR) is 98.9 cm³/mol. The van der Waals surface area contributed by atoms with E-state index in [4.69, 9.17) is 9.84 Å². The lowest BCUT2D eigenvalue weighted by Gasteiger charge is -2.56. The van der Waals surface area contributed by atoms with E-state index in [1.165, 1.54) is 26.4 Å². The number of carboxylic acids is 1. The number of carbonyl (C=O) groups excluding carboxylic acids is 2. The van der Waals surface area contributed by atoms with E-state index in [9.17, 15) is 14.4 Å². The number of aliphatic carboxylic acids is 1. The quantitative estimate of drug-likeness (QED) is 0.565. The van der Waals surface area contributed by atoms with E-state index in [0.717, 1.165) is 37.0 Å². The first-order chi connectivity index (χ1) is 12.7. The lowest BCUT2D eigenvalue weighted by atomic mass is 9.49. The minimum Gasteiger partial charge on any atom is -0.481 e. The van der Waals surface area contributed by atoms with Crippen LogP contribution in [-0.2, 0) is 19.1 Å². The molecule has 3 N–H and O–H groups in total. The van der Waals surface area contributed by atoms with E-state index in [2.05, 4.69) is 10.6 Å². The van der Waals surface area contributed by atoms with Crippen LogP contribution >= 0.6 is 0 Å². The lowest BCUT2D eigenvalue weighted by molar-refractivity contribution is -0.140. The third-order valence-corrected chi connectivity index (χ3v) is 6.59. The highest BCUT2D eigenvalue weighted by Crippen LogP contribution is 2.61. The maximum Gasteiger partial charge on any atom is 0.305 e. The van der Waals surface area contributed by atoms with Crippen molar-refractivity contribution in [2.45, 2.75) is 63.8 Å². The molecule has 0 aromatic carbocycles. The third kappa shape index (κ3) is 5.00. The van der Waals surface area contributed by atoms with E-state index in [-0.39, 0.29) is 30.9 Å². The first-order valence-corrected chi connectivity index (χ1v) is 9.99. The Hall–Kier alpha value is -1.63. The molecule has 4 fully saturated rings. The molecule has 2 amide bonds. The molecular weight excluding hydrogens is 348 g/mol. The zero-order chi connectivity index (χ0) is 19.7. The van der Waals surface area contributed by atoms with Gasteiger partial charge in [-0.3, -0.25) is 14.4 Å². The van der Waals surface area contributed by atoms with Crippen molar-refractivity contribution in [1.29, 1.82) is 0 Å². The zero-order valence-corrected chi connectivity index (χ0v) is 16.4. The summed E-state index contributed by atoms with van der Waals surface area (Å²) in [5, 5.41) is 14.4. The Morgan fingerprint density at radius 1 is 1.07 bits per heavy atom. The second-order valence-corrected chi connectivity index (χ2v) is 9.48. The fourth-order valence-corrected chi connectivity index (χ4v) is 6.25. The molecule has 4 aliphatic rings. The molecule has 0 saturated heterocycles. The van der Waals surface area contributed by atoms with Crippen LogP contribution in [0, 0.1) is 23.2 Å². The lowest BCUT2D eigenvalue weighted by Crippen LogP contribution is -2.53. The van der Waals surface area contributed by atoms with Crippen LogP contribution in [0.15, 0.2) is 0 Å². The Morgan fingerprint density at radius 3 is 2.11 bits per heavy atom. The number of hydrogen-bond acceptors (Lipinski definition) is 4. The zero-order valence-electron chi connectivity index (χ0n) is 16.4. The molecule has 0 aliphatic heterocycles. The number of carbonyl (C=O) groups is 3. The first-order valence-electron chi connectivity index (χ1n) is 9.99. The first kappa shape index (κ1) is 20.1. The van der Waals surface area contributed by atoms with Crippen molar-refractivity contribution in [1.82, 2.24) is 10.6 Å². The average molecular weight is 380 g/mol. The average Bonchev–Trinajstić information content (AvgIpc) is 2.50. The van der Waals surface area contributed by atoms with Crippen molar-refractivity contribution < 1.29 is 24.2 Å². The normalized spacial score (nSPS) is 33.3. The largest absolute Gasteiger partial charge is 0.481 e. The summed E-state index contributed by atoms with van der Waals surface area (Å²) in [7, 11) is 1.46. The Morgan fingerprint density at radius 2 is 1.63 bits per heavy atom. The Labute approximate surface area is 160 Å². The number of carboxylic acid groups (broad SMARTS) is 1. The highest BCUT2D eigenvalue weighted by molar-refractivity contribution is 5.85. The number of methoxy groups -OCH3 is 1. The molecule has 4 rings (SSSR count). The summed E-state index contributed by atoms with van der Waals surface area (Å²) in [5.41, 5.74) is -0.856. The van der Waals surface area contributed by atoms with Gasteiger partial charge < -0.3 is 20.5 Å². The molecule has 27 heavy (non-hydrogen) atoms. The van der Waals surface area contributed by atoms with Crippen LogP contribution < -0.4 is 10.6 Å². The molecule has 7 nitrogen and oxygen atoms in total. The number of ether oxygens (including phenoxy) is 1. The molecule has 0 heterocycles. The minimum absolute atomic E-state index is 0.0706. The molecule has 0 aromatic rings. The molecule has 152 valence electrons. The van der Waals surface area contributed by atoms with E-state index in [0.29, 0.717) is 6.42 Å². The fourth-order valence-electron chi connectivity index (χ4n) is 6.25. The van der Waals surface area contributed by atoms with Crippen molar-refractivity contribution >= 4 is 17.8 Å². The van der Waals surface area contributed by atoms with Crippen LogP contribution in [0.5, 0.6) is 0 Å². The molecule has 4 aliphatic carbocycles. The summed E-state index contributed by atoms with van der Waals surface area (Å²) in [6, 6.07) is 0. The fraction of sp³-hybridized carbons (Fsp3) is 0.850. The highest BCUT2D eigenvalue weighted by atomic mass is 16.5. The van der Waals surface area contributed by atoms with Gasteiger partial charge >= 0.3 is 5.97 Å². The van der Waals surface area contributed by atoms with Crippen molar-refractivity contribution in [3.8, 4) is 0 Å². The smallest absolute Gasteiger partial charge is 0.305 e. The maximum atomic E-state index is 12.5. The molecule has 1 atom stereocenters. The molecule has 7 heteroatoms. The summed E-state index contributed by atoms with van der Waals surface area (Å²) < 4.78 is 5.03. The Kier molecular flexibility index (Phi) is 5.79. The van der Waals surface area contributed by atoms with Gasteiger partial charge in [0.05, 0.1) is 25.1 Å². The third-order valence-electron chi connectivity index (χ3n) is 6.59. The van der Waals surface area contributed by atoms with Gasteiger partial charge in [0, 0.05) is 13.5 Å². The second kappa shape index (κ2) is 7.78. The van der Waals surface area contributed by atoms with Gasteiger partial charge in [0.2, 0.25) is 11.8 Å². The van der Waals surface area contributed by atoms with E-state index < -0.39 is 17.4 Å². The highest BCUT2D eigenvalue weighted by Gasteiger charge is 2.51.